The molecule has 1 heterocycles. The van der Waals surface area contributed by atoms with Crippen LogP contribution in [0.25, 0.3) is 0 Å². The van der Waals surface area contributed by atoms with E-state index >= 15 is 0 Å². The average Bonchev–Trinajstić information content (AvgIpc) is 2.36. The van der Waals surface area contributed by atoms with Crippen LogP contribution in [0.2, 0.25) is 0 Å². The van der Waals surface area contributed by atoms with Crippen LogP contribution >= 0.6 is 0 Å². The van der Waals surface area contributed by atoms with Crippen molar-refractivity contribution in [3.8, 4) is 0 Å². The van der Waals surface area contributed by atoms with Gasteiger partial charge in [-0.25, -0.2) is 22.6 Å². The number of nitrogens with zero attached hydrogens (tertiary/aromatic N) is 1. The van der Waals surface area contributed by atoms with Crippen LogP contribution in [-0.4, -0.2) is 59.7 Å². The largest absolute Gasteiger partial charge is 0.381 e. The molecule has 1 unspecified atom stereocenters. The molecule has 0 amide bonds. The van der Waals surface area contributed by atoms with Gasteiger partial charge in [0.05, 0.1) is 12.4 Å². The van der Waals surface area contributed by atoms with Crippen molar-refractivity contribution in [2.75, 3.05) is 38.6 Å². The van der Waals surface area contributed by atoms with Gasteiger partial charge in [-0.2, -0.15) is 8.42 Å². The highest BCUT2D eigenvalue weighted by Gasteiger charge is 2.28. The van der Waals surface area contributed by atoms with Gasteiger partial charge in [0.2, 0.25) is 10.0 Å². The molecule has 0 aromatic heterocycles. The Labute approximate surface area is 120 Å². The Morgan fingerprint density at radius 1 is 1.35 bits per heavy atom. The van der Waals surface area contributed by atoms with Crippen molar-refractivity contribution in [2.45, 2.75) is 19.8 Å². The van der Waals surface area contributed by atoms with Gasteiger partial charge in [-0.1, -0.05) is 0 Å². The summed E-state index contributed by atoms with van der Waals surface area (Å²) < 4.78 is 54.6. The number of piperidine rings is 1. The van der Waals surface area contributed by atoms with Gasteiger partial charge >= 0.3 is 0 Å². The summed E-state index contributed by atoms with van der Waals surface area (Å²) >= 11 is 0. The zero-order valence-corrected chi connectivity index (χ0v) is 13.2. The summed E-state index contributed by atoms with van der Waals surface area (Å²) in [4.78, 5) is 0. The highest BCUT2D eigenvalue weighted by atomic mass is 32.2. The number of nitrogens with one attached hydrogen (secondary N) is 1. The van der Waals surface area contributed by atoms with E-state index in [9.17, 15) is 16.8 Å². The van der Waals surface area contributed by atoms with Crippen LogP contribution in [0, 0.1) is 5.92 Å². The third-order valence-corrected chi connectivity index (χ3v) is 5.51. The third-order valence-electron chi connectivity index (χ3n) is 3.14. The Morgan fingerprint density at radius 3 is 2.65 bits per heavy atom. The highest BCUT2D eigenvalue weighted by molar-refractivity contribution is 7.89. The van der Waals surface area contributed by atoms with Gasteiger partial charge in [-0.3, -0.25) is 0 Å². The van der Waals surface area contributed by atoms with Crippen molar-refractivity contribution in [1.29, 1.82) is 0 Å². The van der Waals surface area contributed by atoms with Gasteiger partial charge in [-0.05, 0) is 25.7 Å². The molecule has 0 radical (unpaired) electrons. The number of sulfonamides is 1. The molecular weight excluding hydrogens is 306 g/mol. The molecule has 0 aliphatic carbocycles. The molecule has 1 aliphatic heterocycles. The van der Waals surface area contributed by atoms with E-state index in [1.54, 1.807) is 0 Å². The first-order chi connectivity index (χ1) is 9.24. The van der Waals surface area contributed by atoms with Crippen LogP contribution in [0.5, 0.6) is 0 Å². The van der Waals surface area contributed by atoms with Crippen LogP contribution in [-0.2, 0) is 25.0 Å². The van der Waals surface area contributed by atoms with Crippen LogP contribution in [0.4, 0.5) is 0 Å². The van der Waals surface area contributed by atoms with Crippen molar-refractivity contribution in [3.63, 3.8) is 0 Å². The molecule has 1 saturated heterocycles. The minimum absolute atomic E-state index is 0.0455. The van der Waals surface area contributed by atoms with Gasteiger partial charge in [0.25, 0.3) is 10.2 Å². The van der Waals surface area contributed by atoms with Crippen LogP contribution in [0.3, 0.4) is 0 Å². The molecule has 0 aromatic rings. The monoisotopic (exact) mass is 329 g/mol. The molecule has 120 valence electrons. The second-order valence-corrected chi connectivity index (χ2v) is 8.24. The number of ether oxygens (including phenoxy) is 1. The van der Waals surface area contributed by atoms with Crippen LogP contribution in [0.1, 0.15) is 19.8 Å². The first-order valence-corrected chi connectivity index (χ1v) is 9.73. The topological polar surface area (TPSA) is 119 Å². The summed E-state index contributed by atoms with van der Waals surface area (Å²) in [6.45, 7) is 3.42. The quantitative estimate of drug-likeness (QED) is 0.546. The first-order valence-electron chi connectivity index (χ1n) is 6.57. The predicted octanol–water partition coefficient (Wildman–Crippen LogP) is -1.14. The lowest BCUT2D eigenvalue weighted by Gasteiger charge is -2.31. The Morgan fingerprint density at radius 2 is 2.05 bits per heavy atom. The lowest BCUT2D eigenvalue weighted by Crippen LogP contribution is -2.45. The summed E-state index contributed by atoms with van der Waals surface area (Å²) in [6, 6.07) is 0. The van der Waals surface area contributed by atoms with Gasteiger partial charge in [-0.15, -0.1) is 0 Å². The fraction of sp³-hybridized carbons (Fsp3) is 1.00. The van der Waals surface area contributed by atoms with E-state index in [0.717, 1.165) is 6.42 Å². The Kier molecular flexibility index (Phi) is 6.82. The number of hydrogen-bond acceptors (Lipinski definition) is 5. The molecule has 1 aliphatic rings. The third kappa shape index (κ3) is 6.46. The molecule has 20 heavy (non-hydrogen) atoms. The molecule has 3 N–H and O–H groups in total. The van der Waals surface area contributed by atoms with Crippen molar-refractivity contribution in [1.82, 2.24) is 9.03 Å². The van der Waals surface area contributed by atoms with Gasteiger partial charge in [0.15, 0.2) is 0 Å². The van der Waals surface area contributed by atoms with E-state index in [1.165, 1.54) is 4.31 Å². The second-order valence-electron chi connectivity index (χ2n) is 4.77. The normalized spacial score (nSPS) is 22.0. The smallest absolute Gasteiger partial charge is 0.274 e. The van der Waals surface area contributed by atoms with Gasteiger partial charge < -0.3 is 4.74 Å². The van der Waals surface area contributed by atoms with Gasteiger partial charge in [0, 0.05) is 26.2 Å². The molecule has 8 nitrogen and oxygen atoms in total. The van der Waals surface area contributed by atoms with E-state index < -0.39 is 20.2 Å². The molecule has 0 aromatic carbocycles. The second kappa shape index (κ2) is 7.66. The number of rotatable bonds is 8. The predicted molar refractivity (Wildman–Crippen MR) is 75.7 cm³/mol. The first kappa shape index (κ1) is 17.8. The highest BCUT2D eigenvalue weighted by Crippen LogP contribution is 2.19. The molecule has 1 fully saturated rings. The Hall–Kier alpha value is -0.260. The van der Waals surface area contributed by atoms with Crippen molar-refractivity contribution >= 4 is 20.2 Å². The number of nitrogens with two attached hydrogens (primary N) is 1. The Bertz CT molecular complexity index is 491. The van der Waals surface area contributed by atoms with E-state index in [0.29, 0.717) is 26.1 Å². The summed E-state index contributed by atoms with van der Waals surface area (Å²) in [5.41, 5.74) is 0. The average molecular weight is 329 g/mol. The van der Waals surface area contributed by atoms with Crippen molar-refractivity contribution < 1.29 is 21.6 Å². The molecule has 10 heteroatoms. The zero-order valence-electron chi connectivity index (χ0n) is 11.6. The van der Waals surface area contributed by atoms with Crippen molar-refractivity contribution in [2.24, 2.45) is 11.1 Å². The lowest BCUT2D eigenvalue weighted by molar-refractivity contribution is 0.161. The van der Waals surface area contributed by atoms with Gasteiger partial charge in [0.1, 0.15) is 0 Å². The van der Waals surface area contributed by atoms with Crippen LogP contribution < -0.4 is 9.86 Å². The summed E-state index contributed by atoms with van der Waals surface area (Å²) in [7, 11) is -7.07. The molecule has 0 spiro atoms. The van der Waals surface area contributed by atoms with Crippen molar-refractivity contribution in [3.05, 3.63) is 0 Å². The summed E-state index contributed by atoms with van der Waals surface area (Å²) in [5.74, 6) is -0.0974. The summed E-state index contributed by atoms with van der Waals surface area (Å²) in [6.07, 6.45) is 1.49. The van der Waals surface area contributed by atoms with Crippen LogP contribution in [0.15, 0.2) is 0 Å². The van der Waals surface area contributed by atoms with E-state index in [2.05, 4.69) is 4.72 Å². The lowest BCUT2D eigenvalue weighted by atomic mass is 10.0. The fourth-order valence-electron chi connectivity index (χ4n) is 2.12. The zero-order chi connectivity index (χ0) is 15.2. The molecule has 1 atom stereocenters. The maximum Gasteiger partial charge on any atom is 0.274 e. The van der Waals surface area contributed by atoms with E-state index in [1.807, 2.05) is 6.92 Å². The minimum Gasteiger partial charge on any atom is -0.381 e. The number of hydrogen-bond donors (Lipinski definition) is 2. The maximum atomic E-state index is 12.1. The SMILES string of the molecule is CCOCCS(=O)(=O)N1CCCC(CNS(N)(=O)=O)C1. The molecule has 0 saturated carbocycles. The summed E-state index contributed by atoms with van der Waals surface area (Å²) in [5, 5.41) is 4.87. The van der Waals surface area contributed by atoms with E-state index in [-0.39, 0.29) is 24.8 Å². The standard InChI is InChI=1S/C10H23N3O5S2/c1-2-18-6-7-19(14,15)13-5-3-4-10(9-13)8-12-20(11,16)17/h10,12H,2-9H2,1H3,(H2,11,16,17). The molecular formula is C10H23N3O5S2. The van der Waals surface area contributed by atoms with E-state index in [4.69, 9.17) is 9.88 Å². The Balaban J connectivity index is 2.51. The molecule has 0 bridgehead atoms. The molecule has 1 rings (SSSR count). The fourth-order valence-corrected chi connectivity index (χ4v) is 4.02. The maximum absolute atomic E-state index is 12.1. The minimum atomic E-state index is -3.73.